The molecule has 1 aromatic heterocycles. The van der Waals surface area contributed by atoms with Crippen molar-refractivity contribution in [3.63, 3.8) is 0 Å². The quantitative estimate of drug-likeness (QED) is 0.561. The average molecular weight is 344 g/mol. The van der Waals surface area contributed by atoms with E-state index in [1.807, 2.05) is 36.5 Å². The highest BCUT2D eigenvalue weighted by Crippen LogP contribution is 2.20. The molecule has 2 aromatic carbocycles. The van der Waals surface area contributed by atoms with Gasteiger partial charge in [0.1, 0.15) is 5.75 Å². The Kier molecular flexibility index (Phi) is 4.06. The van der Waals surface area contributed by atoms with E-state index in [9.17, 15) is 4.79 Å². The Hall–Kier alpha value is -2.07. The number of aryl methyl sites for hydroxylation is 1. The molecule has 0 radical (unpaired) electrons. The lowest BCUT2D eigenvalue weighted by molar-refractivity contribution is -0.134. The van der Waals surface area contributed by atoms with Crippen molar-refractivity contribution < 1.29 is 9.53 Å². The van der Waals surface area contributed by atoms with Crippen LogP contribution in [0.4, 0.5) is 0 Å². The fourth-order valence-electron chi connectivity index (χ4n) is 2.26. The largest absolute Gasteiger partial charge is 0.427 e. The van der Waals surface area contributed by atoms with Gasteiger partial charge < -0.3 is 9.72 Å². The number of carbonyl (C=O) groups is 1. The number of para-hydroxylation sites is 1. The first-order valence-corrected chi connectivity index (χ1v) is 7.53. The Bertz CT molecular complexity index is 762. The molecular weight excluding hydrogens is 330 g/mol. The van der Waals surface area contributed by atoms with Gasteiger partial charge in [-0.05, 0) is 42.3 Å². The molecule has 0 aliphatic heterocycles. The maximum atomic E-state index is 11.9. The zero-order chi connectivity index (χ0) is 14.7. The number of nitrogens with one attached hydrogen (secondary N) is 1. The maximum absolute atomic E-state index is 11.9. The van der Waals surface area contributed by atoms with Gasteiger partial charge in [0.25, 0.3) is 0 Å². The van der Waals surface area contributed by atoms with Gasteiger partial charge in [0.2, 0.25) is 0 Å². The van der Waals surface area contributed by atoms with Crippen LogP contribution in [-0.2, 0) is 11.2 Å². The number of halogens is 1. The summed E-state index contributed by atoms with van der Waals surface area (Å²) in [6.45, 7) is 0. The SMILES string of the molecule is O=C(CCc1c[nH]c2ccccc12)Oc1ccc(Br)cc1. The van der Waals surface area contributed by atoms with Crippen LogP contribution in [0.15, 0.2) is 59.2 Å². The van der Waals surface area contributed by atoms with Crippen molar-refractivity contribution in [1.29, 1.82) is 0 Å². The van der Waals surface area contributed by atoms with E-state index in [0.717, 1.165) is 20.9 Å². The van der Waals surface area contributed by atoms with Gasteiger partial charge in [0.15, 0.2) is 0 Å². The molecule has 0 bridgehead atoms. The van der Waals surface area contributed by atoms with E-state index in [2.05, 4.69) is 27.0 Å². The molecular formula is C17H14BrNO2. The summed E-state index contributed by atoms with van der Waals surface area (Å²) in [5.41, 5.74) is 2.23. The Morgan fingerprint density at radius 2 is 1.86 bits per heavy atom. The van der Waals surface area contributed by atoms with Gasteiger partial charge in [-0.15, -0.1) is 0 Å². The molecule has 0 saturated heterocycles. The van der Waals surface area contributed by atoms with Crippen LogP contribution < -0.4 is 4.74 Å². The molecule has 1 heterocycles. The standard InChI is InChI=1S/C17H14BrNO2/c18-13-6-8-14(9-7-13)21-17(20)10-5-12-11-19-16-4-2-1-3-15(12)16/h1-4,6-9,11,19H,5,10H2. The van der Waals surface area contributed by atoms with E-state index >= 15 is 0 Å². The molecule has 0 aliphatic rings. The number of carbonyl (C=O) groups excluding carboxylic acids is 1. The van der Waals surface area contributed by atoms with Crippen molar-refractivity contribution >= 4 is 32.8 Å². The van der Waals surface area contributed by atoms with Gasteiger partial charge in [-0.25, -0.2) is 0 Å². The Balaban J connectivity index is 1.62. The summed E-state index contributed by atoms with van der Waals surface area (Å²) >= 11 is 3.35. The van der Waals surface area contributed by atoms with E-state index < -0.39 is 0 Å². The van der Waals surface area contributed by atoms with Crippen LogP contribution in [0.1, 0.15) is 12.0 Å². The van der Waals surface area contributed by atoms with Crippen LogP contribution in [0.2, 0.25) is 0 Å². The topological polar surface area (TPSA) is 42.1 Å². The summed E-state index contributed by atoms with van der Waals surface area (Å²) < 4.78 is 6.27. The second-order valence-corrected chi connectivity index (χ2v) is 5.70. The Labute approximate surface area is 131 Å². The fourth-order valence-corrected chi connectivity index (χ4v) is 2.52. The van der Waals surface area contributed by atoms with Gasteiger partial charge in [0.05, 0.1) is 6.42 Å². The molecule has 0 saturated carbocycles. The van der Waals surface area contributed by atoms with Crippen molar-refractivity contribution in [2.75, 3.05) is 0 Å². The highest BCUT2D eigenvalue weighted by atomic mass is 79.9. The molecule has 3 rings (SSSR count). The lowest BCUT2D eigenvalue weighted by Crippen LogP contribution is -2.08. The number of hydrogen-bond acceptors (Lipinski definition) is 2. The summed E-state index contributed by atoms with van der Waals surface area (Å²) in [4.78, 5) is 15.1. The van der Waals surface area contributed by atoms with E-state index in [0.29, 0.717) is 18.6 Å². The first-order valence-electron chi connectivity index (χ1n) is 6.73. The van der Waals surface area contributed by atoms with Crippen molar-refractivity contribution in [3.8, 4) is 5.75 Å². The molecule has 4 heteroatoms. The normalized spacial score (nSPS) is 10.7. The second kappa shape index (κ2) is 6.14. The fraction of sp³-hybridized carbons (Fsp3) is 0.118. The number of fused-ring (bicyclic) bond motifs is 1. The number of benzene rings is 2. The van der Waals surface area contributed by atoms with Gasteiger partial charge in [0, 0.05) is 21.6 Å². The zero-order valence-electron chi connectivity index (χ0n) is 11.3. The minimum atomic E-state index is -0.220. The van der Waals surface area contributed by atoms with Crippen molar-refractivity contribution in [2.24, 2.45) is 0 Å². The lowest BCUT2D eigenvalue weighted by Gasteiger charge is -2.04. The molecule has 0 amide bonds. The van der Waals surface area contributed by atoms with Crippen molar-refractivity contribution in [1.82, 2.24) is 4.98 Å². The number of aromatic amines is 1. The first kappa shape index (κ1) is 13.9. The summed E-state index contributed by atoms with van der Waals surface area (Å²) in [6.07, 6.45) is 2.98. The molecule has 0 atom stereocenters. The van der Waals surface area contributed by atoms with Crippen LogP contribution in [0.25, 0.3) is 10.9 Å². The van der Waals surface area contributed by atoms with E-state index in [1.54, 1.807) is 12.1 Å². The lowest BCUT2D eigenvalue weighted by atomic mass is 10.1. The van der Waals surface area contributed by atoms with Crippen molar-refractivity contribution in [2.45, 2.75) is 12.8 Å². The van der Waals surface area contributed by atoms with Crippen LogP contribution in [0.5, 0.6) is 5.75 Å². The number of aromatic nitrogens is 1. The third kappa shape index (κ3) is 3.34. The van der Waals surface area contributed by atoms with Crippen LogP contribution >= 0.6 is 15.9 Å². The predicted molar refractivity (Wildman–Crippen MR) is 86.4 cm³/mol. The molecule has 3 aromatic rings. The minimum Gasteiger partial charge on any atom is -0.427 e. The number of hydrogen-bond donors (Lipinski definition) is 1. The van der Waals surface area contributed by atoms with Crippen LogP contribution in [0.3, 0.4) is 0 Å². The average Bonchev–Trinajstić information content (AvgIpc) is 2.91. The van der Waals surface area contributed by atoms with Gasteiger partial charge in [-0.1, -0.05) is 34.1 Å². The first-order chi connectivity index (χ1) is 10.2. The highest BCUT2D eigenvalue weighted by Gasteiger charge is 2.08. The Morgan fingerprint density at radius 1 is 1.10 bits per heavy atom. The monoisotopic (exact) mass is 343 g/mol. The zero-order valence-corrected chi connectivity index (χ0v) is 12.9. The maximum Gasteiger partial charge on any atom is 0.311 e. The molecule has 106 valence electrons. The van der Waals surface area contributed by atoms with E-state index in [4.69, 9.17) is 4.74 Å². The second-order valence-electron chi connectivity index (χ2n) is 4.79. The van der Waals surface area contributed by atoms with Gasteiger partial charge in [-0.3, -0.25) is 4.79 Å². The predicted octanol–water partition coefficient (Wildman–Crippen LogP) is 4.47. The van der Waals surface area contributed by atoms with E-state index in [-0.39, 0.29) is 5.97 Å². The minimum absolute atomic E-state index is 0.220. The van der Waals surface area contributed by atoms with Crippen molar-refractivity contribution in [3.05, 3.63) is 64.8 Å². The Morgan fingerprint density at radius 3 is 2.67 bits per heavy atom. The molecule has 0 unspecified atom stereocenters. The summed E-state index contributed by atoms with van der Waals surface area (Å²) in [5, 5.41) is 1.16. The van der Waals surface area contributed by atoms with Crippen LogP contribution in [-0.4, -0.2) is 11.0 Å². The van der Waals surface area contributed by atoms with E-state index in [1.165, 1.54) is 0 Å². The van der Waals surface area contributed by atoms with Gasteiger partial charge in [-0.2, -0.15) is 0 Å². The number of H-pyrrole nitrogens is 1. The molecule has 3 nitrogen and oxygen atoms in total. The molecule has 0 fully saturated rings. The number of esters is 1. The highest BCUT2D eigenvalue weighted by molar-refractivity contribution is 9.10. The van der Waals surface area contributed by atoms with Crippen LogP contribution in [0, 0.1) is 0 Å². The van der Waals surface area contributed by atoms with Gasteiger partial charge >= 0.3 is 5.97 Å². The molecule has 1 N–H and O–H groups in total. The molecule has 0 aliphatic carbocycles. The molecule has 21 heavy (non-hydrogen) atoms. The summed E-state index contributed by atoms with van der Waals surface area (Å²) in [7, 11) is 0. The third-order valence-corrected chi connectivity index (χ3v) is 3.85. The summed E-state index contributed by atoms with van der Waals surface area (Å²) in [6, 6.07) is 15.3. The molecule has 0 spiro atoms. The number of rotatable bonds is 4. The number of ether oxygens (including phenoxy) is 1. The summed E-state index contributed by atoms with van der Waals surface area (Å²) in [5.74, 6) is 0.352. The third-order valence-electron chi connectivity index (χ3n) is 3.32. The smallest absolute Gasteiger partial charge is 0.311 e.